The highest BCUT2D eigenvalue weighted by Gasteiger charge is 2.35. The van der Waals surface area contributed by atoms with Crippen LogP contribution in [0.4, 0.5) is 0 Å². The van der Waals surface area contributed by atoms with Crippen molar-refractivity contribution in [2.45, 2.75) is 45.4 Å². The Balaban J connectivity index is 1.62. The van der Waals surface area contributed by atoms with E-state index in [-0.39, 0.29) is 5.92 Å². The van der Waals surface area contributed by atoms with E-state index in [2.05, 4.69) is 22.1 Å². The number of aromatic amines is 1. The molecule has 3 rings (SSSR count). The van der Waals surface area contributed by atoms with Gasteiger partial charge in [0, 0.05) is 32.1 Å². The number of rotatable bonds is 3. The lowest BCUT2D eigenvalue weighted by Crippen LogP contribution is -2.49. The molecule has 22 heavy (non-hydrogen) atoms. The van der Waals surface area contributed by atoms with Gasteiger partial charge in [0.25, 0.3) is 10.2 Å². The predicted molar refractivity (Wildman–Crippen MR) is 83.6 cm³/mol. The van der Waals surface area contributed by atoms with Gasteiger partial charge >= 0.3 is 0 Å². The van der Waals surface area contributed by atoms with E-state index in [9.17, 15) is 8.42 Å². The summed E-state index contributed by atoms with van der Waals surface area (Å²) in [5.74, 6) is 2.35. The predicted octanol–water partition coefficient (Wildman–Crippen LogP) is 1.27. The third kappa shape index (κ3) is 3.18. The van der Waals surface area contributed by atoms with Crippen molar-refractivity contribution in [3.63, 3.8) is 0 Å². The fourth-order valence-corrected chi connectivity index (χ4v) is 5.21. The minimum atomic E-state index is -3.30. The molecule has 0 aromatic carbocycles. The smallest absolute Gasteiger partial charge is 0.263 e. The minimum absolute atomic E-state index is 0.261. The van der Waals surface area contributed by atoms with E-state index in [0.29, 0.717) is 32.1 Å². The lowest BCUT2D eigenvalue weighted by Gasteiger charge is -2.37. The molecule has 1 unspecified atom stereocenters. The van der Waals surface area contributed by atoms with Crippen molar-refractivity contribution in [1.82, 2.24) is 23.8 Å². The molecule has 2 aliphatic rings. The Morgan fingerprint density at radius 1 is 1.14 bits per heavy atom. The third-order valence-corrected chi connectivity index (χ3v) is 6.71. The van der Waals surface area contributed by atoms with Crippen LogP contribution in [-0.2, 0) is 10.2 Å². The Morgan fingerprint density at radius 3 is 2.45 bits per heavy atom. The van der Waals surface area contributed by atoms with Gasteiger partial charge in [0.05, 0.1) is 0 Å². The number of aromatic nitrogens is 3. The Morgan fingerprint density at radius 2 is 1.86 bits per heavy atom. The Hall–Kier alpha value is -0.990. The zero-order valence-electron chi connectivity index (χ0n) is 13.3. The number of hydrogen-bond donors (Lipinski definition) is 1. The number of piperidine rings is 2. The van der Waals surface area contributed by atoms with Crippen LogP contribution >= 0.6 is 0 Å². The van der Waals surface area contributed by atoms with Gasteiger partial charge in [0.1, 0.15) is 5.82 Å². The number of aryl methyl sites for hydroxylation is 1. The molecule has 124 valence electrons. The number of nitrogens with one attached hydrogen (secondary N) is 1. The number of nitrogens with zero attached hydrogens (tertiary/aromatic N) is 4. The minimum Gasteiger partial charge on any atom is -0.263 e. The van der Waals surface area contributed by atoms with Crippen LogP contribution in [-0.4, -0.2) is 58.4 Å². The zero-order chi connectivity index (χ0) is 15.7. The Labute approximate surface area is 132 Å². The summed E-state index contributed by atoms with van der Waals surface area (Å²) in [7, 11) is -3.30. The van der Waals surface area contributed by atoms with E-state index >= 15 is 0 Å². The van der Waals surface area contributed by atoms with Crippen molar-refractivity contribution < 1.29 is 8.42 Å². The van der Waals surface area contributed by atoms with Gasteiger partial charge in [-0.05, 0) is 38.5 Å². The Kier molecular flexibility index (Phi) is 4.52. The van der Waals surface area contributed by atoms with Crippen molar-refractivity contribution in [2.24, 2.45) is 5.92 Å². The normalized spacial score (nSPS) is 26.4. The average Bonchev–Trinajstić information content (AvgIpc) is 2.94. The fraction of sp³-hybridized carbons (Fsp3) is 0.857. The second-order valence-electron chi connectivity index (χ2n) is 6.57. The zero-order valence-corrected chi connectivity index (χ0v) is 14.1. The summed E-state index contributed by atoms with van der Waals surface area (Å²) in [4.78, 5) is 4.38. The summed E-state index contributed by atoms with van der Waals surface area (Å²) in [6, 6.07) is 0. The van der Waals surface area contributed by atoms with Crippen molar-refractivity contribution in [1.29, 1.82) is 0 Å². The van der Waals surface area contributed by atoms with E-state index in [1.807, 2.05) is 6.92 Å². The molecule has 1 aromatic rings. The molecule has 8 heteroatoms. The molecule has 2 aliphatic heterocycles. The van der Waals surface area contributed by atoms with Gasteiger partial charge in [-0.2, -0.15) is 22.1 Å². The quantitative estimate of drug-likeness (QED) is 0.906. The van der Waals surface area contributed by atoms with Crippen LogP contribution in [0, 0.1) is 12.8 Å². The lowest BCUT2D eigenvalue weighted by molar-refractivity contribution is 0.241. The molecule has 2 saturated heterocycles. The van der Waals surface area contributed by atoms with E-state index < -0.39 is 10.2 Å². The largest absolute Gasteiger partial charge is 0.281 e. The molecule has 0 saturated carbocycles. The van der Waals surface area contributed by atoms with Crippen molar-refractivity contribution in [2.75, 3.05) is 26.2 Å². The summed E-state index contributed by atoms with van der Waals surface area (Å²) in [5.41, 5.74) is 0. The van der Waals surface area contributed by atoms with Crippen LogP contribution in [0.5, 0.6) is 0 Å². The van der Waals surface area contributed by atoms with Gasteiger partial charge < -0.3 is 0 Å². The van der Waals surface area contributed by atoms with Gasteiger partial charge in [-0.15, -0.1) is 0 Å². The summed E-state index contributed by atoms with van der Waals surface area (Å²) >= 11 is 0. The van der Waals surface area contributed by atoms with E-state index in [1.165, 1.54) is 0 Å². The van der Waals surface area contributed by atoms with Gasteiger partial charge in [-0.3, -0.25) is 5.10 Å². The maximum atomic E-state index is 12.7. The van der Waals surface area contributed by atoms with Crippen LogP contribution in [0.1, 0.15) is 50.2 Å². The maximum absolute atomic E-state index is 12.7. The summed E-state index contributed by atoms with van der Waals surface area (Å²) in [6.07, 6.45) is 3.67. The van der Waals surface area contributed by atoms with Crippen LogP contribution in [0.2, 0.25) is 0 Å². The first kappa shape index (κ1) is 15.9. The van der Waals surface area contributed by atoms with Crippen LogP contribution in [0.3, 0.4) is 0 Å². The number of H-pyrrole nitrogens is 1. The third-order valence-electron chi connectivity index (χ3n) is 4.71. The first-order valence-electron chi connectivity index (χ1n) is 8.11. The fourth-order valence-electron chi connectivity index (χ4n) is 3.41. The SMILES string of the molecule is Cc1nc(C2CCN(S(=O)(=O)N3CCCC(C)C3)CC2)n[nH]1. The molecule has 0 aliphatic carbocycles. The van der Waals surface area contributed by atoms with Crippen LogP contribution in [0.25, 0.3) is 0 Å². The topological polar surface area (TPSA) is 82.2 Å². The summed E-state index contributed by atoms with van der Waals surface area (Å²) < 4.78 is 28.8. The molecule has 3 heterocycles. The molecule has 0 amide bonds. The molecule has 0 spiro atoms. The summed E-state index contributed by atoms with van der Waals surface area (Å²) in [6.45, 7) is 6.44. The van der Waals surface area contributed by atoms with Gasteiger partial charge in [0.15, 0.2) is 5.82 Å². The highest BCUT2D eigenvalue weighted by Crippen LogP contribution is 2.29. The molecular formula is C14H25N5O2S. The van der Waals surface area contributed by atoms with E-state index in [1.54, 1.807) is 8.61 Å². The maximum Gasteiger partial charge on any atom is 0.281 e. The highest BCUT2D eigenvalue weighted by molar-refractivity contribution is 7.86. The Bertz CT molecular complexity index is 607. The highest BCUT2D eigenvalue weighted by atomic mass is 32.2. The molecule has 1 atom stereocenters. The lowest BCUT2D eigenvalue weighted by atomic mass is 9.98. The number of hydrogen-bond acceptors (Lipinski definition) is 4. The second-order valence-corrected chi connectivity index (χ2v) is 8.49. The van der Waals surface area contributed by atoms with Crippen molar-refractivity contribution >= 4 is 10.2 Å². The van der Waals surface area contributed by atoms with E-state index in [0.717, 1.165) is 37.3 Å². The van der Waals surface area contributed by atoms with Gasteiger partial charge in [-0.25, -0.2) is 4.98 Å². The second kappa shape index (κ2) is 6.25. The molecular weight excluding hydrogens is 302 g/mol. The average molecular weight is 327 g/mol. The standard InChI is InChI=1S/C14H25N5O2S/c1-11-4-3-7-19(10-11)22(20,21)18-8-5-13(6-9-18)14-15-12(2)16-17-14/h11,13H,3-10H2,1-2H3,(H,15,16,17). The van der Waals surface area contributed by atoms with Gasteiger partial charge in [-0.1, -0.05) is 6.92 Å². The molecule has 7 nitrogen and oxygen atoms in total. The summed E-state index contributed by atoms with van der Waals surface area (Å²) in [5, 5.41) is 7.07. The van der Waals surface area contributed by atoms with Crippen molar-refractivity contribution in [3.8, 4) is 0 Å². The molecule has 1 aromatic heterocycles. The van der Waals surface area contributed by atoms with Crippen LogP contribution in [0.15, 0.2) is 0 Å². The molecule has 0 bridgehead atoms. The molecule has 2 fully saturated rings. The van der Waals surface area contributed by atoms with Crippen molar-refractivity contribution in [3.05, 3.63) is 11.6 Å². The molecule has 1 N–H and O–H groups in total. The first-order chi connectivity index (χ1) is 10.5. The van der Waals surface area contributed by atoms with Gasteiger partial charge in [0.2, 0.25) is 0 Å². The first-order valence-corrected chi connectivity index (χ1v) is 9.50. The van der Waals surface area contributed by atoms with Crippen LogP contribution < -0.4 is 0 Å². The monoisotopic (exact) mass is 327 g/mol. The van der Waals surface area contributed by atoms with E-state index in [4.69, 9.17) is 0 Å². The molecule has 0 radical (unpaired) electrons.